The Balaban J connectivity index is 0.00000400. The van der Waals surface area contributed by atoms with Crippen molar-refractivity contribution in [3.05, 3.63) is 82.2 Å². The van der Waals surface area contributed by atoms with Crippen LogP contribution in [0.1, 0.15) is 67.3 Å². The van der Waals surface area contributed by atoms with Gasteiger partial charge in [-0.2, -0.15) is 0 Å². The molecule has 0 saturated carbocycles. The molecule has 1 atom stereocenters. The SMILES string of the molecule is CCc1c2c(C(CCBr)OC(=O)c3ccccc3)c3ccc(N(CC)CC)cc3oc-2cc(=N)c1CC.Cl. The zero-order chi connectivity index (χ0) is 26.5. The molecule has 5 nitrogen and oxygen atoms in total. The topological polar surface area (TPSA) is 66.5 Å². The van der Waals surface area contributed by atoms with E-state index in [1.165, 1.54) is 0 Å². The van der Waals surface area contributed by atoms with Gasteiger partial charge in [-0.05, 0) is 68.5 Å². The van der Waals surface area contributed by atoms with Crippen molar-refractivity contribution in [2.24, 2.45) is 0 Å². The van der Waals surface area contributed by atoms with Gasteiger partial charge in [-0.1, -0.05) is 48.0 Å². The molecule has 2 aromatic rings. The summed E-state index contributed by atoms with van der Waals surface area (Å²) in [6, 6.07) is 17.2. The molecule has 0 amide bonds. The summed E-state index contributed by atoms with van der Waals surface area (Å²) in [6.07, 6.45) is 1.63. The highest BCUT2D eigenvalue weighted by atomic mass is 79.9. The van der Waals surface area contributed by atoms with Crippen LogP contribution >= 0.6 is 28.3 Å². The fraction of sp³-hybridized carbons (Fsp3) is 0.355. The van der Waals surface area contributed by atoms with Gasteiger partial charge in [0.05, 0.1) is 10.9 Å². The molecule has 1 N–H and O–H groups in total. The van der Waals surface area contributed by atoms with E-state index in [4.69, 9.17) is 14.6 Å². The van der Waals surface area contributed by atoms with E-state index in [1.54, 1.807) is 12.1 Å². The maximum atomic E-state index is 13.2. The fourth-order valence-electron chi connectivity index (χ4n) is 5.25. The summed E-state index contributed by atoms with van der Waals surface area (Å²) in [4.78, 5) is 15.5. The van der Waals surface area contributed by atoms with Crippen LogP contribution in [0.15, 0.2) is 59.0 Å². The Morgan fingerprint density at radius 1 is 1.00 bits per heavy atom. The Bertz CT molecular complexity index is 1420. The number of carbonyl (C=O) groups is 1. The Morgan fingerprint density at radius 2 is 1.68 bits per heavy atom. The van der Waals surface area contributed by atoms with Crippen LogP contribution in [0.3, 0.4) is 0 Å². The molecule has 4 rings (SSSR count). The first-order valence-electron chi connectivity index (χ1n) is 13.1. The van der Waals surface area contributed by atoms with Crippen molar-refractivity contribution >= 4 is 51.0 Å². The summed E-state index contributed by atoms with van der Waals surface area (Å²) in [5.41, 5.74) is 6.36. The molecular weight excluding hydrogens is 564 g/mol. The van der Waals surface area contributed by atoms with Crippen LogP contribution in [0.5, 0.6) is 0 Å². The predicted octanol–water partition coefficient (Wildman–Crippen LogP) is 8.09. The lowest BCUT2D eigenvalue weighted by Crippen LogP contribution is -2.21. The van der Waals surface area contributed by atoms with Crippen molar-refractivity contribution < 1.29 is 13.9 Å². The van der Waals surface area contributed by atoms with Crippen LogP contribution in [0.4, 0.5) is 5.69 Å². The van der Waals surface area contributed by atoms with Gasteiger partial charge < -0.3 is 19.5 Å². The zero-order valence-electron chi connectivity index (χ0n) is 22.5. The number of nitrogens with one attached hydrogen (secondary N) is 1. The van der Waals surface area contributed by atoms with Gasteiger partial charge in [0.1, 0.15) is 17.4 Å². The molecule has 0 fully saturated rings. The third-order valence-corrected chi connectivity index (χ3v) is 7.50. The Morgan fingerprint density at radius 3 is 2.29 bits per heavy atom. The molecule has 1 aliphatic heterocycles. The molecule has 0 aromatic heterocycles. The first kappa shape index (κ1) is 29.7. The summed E-state index contributed by atoms with van der Waals surface area (Å²) >= 11 is 3.59. The van der Waals surface area contributed by atoms with E-state index in [-0.39, 0.29) is 18.4 Å². The van der Waals surface area contributed by atoms with E-state index in [0.717, 1.165) is 64.8 Å². The van der Waals surface area contributed by atoms with Crippen LogP contribution in [0.2, 0.25) is 0 Å². The number of ether oxygens (including phenoxy) is 1. The molecule has 202 valence electrons. The van der Waals surface area contributed by atoms with Crippen molar-refractivity contribution in [1.29, 1.82) is 5.41 Å². The first-order valence-corrected chi connectivity index (χ1v) is 14.3. The molecule has 38 heavy (non-hydrogen) atoms. The second-order valence-corrected chi connectivity index (χ2v) is 9.86. The average Bonchev–Trinajstić information content (AvgIpc) is 2.91. The van der Waals surface area contributed by atoms with Gasteiger partial charge in [-0.25, -0.2) is 4.79 Å². The third kappa shape index (κ3) is 5.76. The van der Waals surface area contributed by atoms with Gasteiger partial charge in [0.25, 0.3) is 0 Å². The number of esters is 1. The molecular formula is C31H36BrClN2O3. The number of rotatable bonds is 10. The maximum Gasteiger partial charge on any atom is 0.338 e. The number of halogens is 2. The lowest BCUT2D eigenvalue weighted by molar-refractivity contribution is 0.0295. The van der Waals surface area contributed by atoms with Crippen molar-refractivity contribution in [1.82, 2.24) is 0 Å². The molecule has 0 spiro atoms. The van der Waals surface area contributed by atoms with E-state index in [0.29, 0.717) is 28.4 Å². The average molecular weight is 600 g/mol. The number of anilines is 1. The number of alkyl halides is 1. The van der Waals surface area contributed by atoms with Crippen molar-refractivity contribution in [3.63, 3.8) is 0 Å². The van der Waals surface area contributed by atoms with Gasteiger partial charge in [-0.3, -0.25) is 0 Å². The molecule has 1 unspecified atom stereocenters. The van der Waals surface area contributed by atoms with Crippen LogP contribution in [0.25, 0.3) is 22.3 Å². The minimum Gasteiger partial charge on any atom is -0.456 e. The van der Waals surface area contributed by atoms with Gasteiger partial charge in [-0.15, -0.1) is 12.4 Å². The van der Waals surface area contributed by atoms with Crippen LogP contribution in [0, 0.1) is 5.41 Å². The summed E-state index contributed by atoms with van der Waals surface area (Å²) in [6.45, 7) is 10.2. The van der Waals surface area contributed by atoms with Crippen LogP contribution < -0.4 is 10.3 Å². The lowest BCUT2D eigenvalue weighted by atomic mass is 9.86. The fourth-order valence-corrected chi connectivity index (χ4v) is 5.66. The second-order valence-electron chi connectivity index (χ2n) is 9.07. The van der Waals surface area contributed by atoms with E-state index in [1.807, 2.05) is 24.3 Å². The smallest absolute Gasteiger partial charge is 0.338 e. The molecule has 1 heterocycles. The largest absolute Gasteiger partial charge is 0.456 e. The van der Waals surface area contributed by atoms with Crippen molar-refractivity contribution in [3.8, 4) is 11.3 Å². The number of nitrogens with zero attached hydrogens (tertiary/aromatic N) is 1. The molecule has 1 aliphatic carbocycles. The monoisotopic (exact) mass is 598 g/mol. The number of benzene rings is 3. The number of carbonyl (C=O) groups excluding carboxylic acids is 1. The Hall–Kier alpha value is -2.83. The van der Waals surface area contributed by atoms with Crippen LogP contribution in [-0.4, -0.2) is 24.4 Å². The molecule has 0 saturated heterocycles. The zero-order valence-corrected chi connectivity index (χ0v) is 24.9. The van der Waals surface area contributed by atoms with Gasteiger partial charge >= 0.3 is 5.97 Å². The summed E-state index contributed by atoms with van der Waals surface area (Å²) < 4.78 is 12.7. The number of hydrogen-bond donors (Lipinski definition) is 1. The molecule has 0 radical (unpaired) electrons. The molecule has 2 aliphatic rings. The normalized spacial score (nSPS) is 11.8. The molecule has 0 bridgehead atoms. The number of hydrogen-bond acceptors (Lipinski definition) is 5. The van der Waals surface area contributed by atoms with Gasteiger partial charge in [0.2, 0.25) is 0 Å². The summed E-state index contributed by atoms with van der Waals surface area (Å²) in [7, 11) is 0. The minimum absolute atomic E-state index is 0. The maximum absolute atomic E-state index is 13.2. The Kier molecular flexibility index (Phi) is 10.4. The summed E-state index contributed by atoms with van der Waals surface area (Å²) in [5, 5.41) is 10.8. The minimum atomic E-state index is -0.487. The Labute approximate surface area is 239 Å². The first-order chi connectivity index (χ1) is 18.0. The van der Waals surface area contributed by atoms with Gasteiger partial charge in [0.15, 0.2) is 0 Å². The highest BCUT2D eigenvalue weighted by Crippen LogP contribution is 2.43. The second kappa shape index (κ2) is 13.3. The van der Waals surface area contributed by atoms with E-state index in [9.17, 15) is 4.79 Å². The van der Waals surface area contributed by atoms with Crippen LogP contribution in [-0.2, 0) is 17.6 Å². The highest BCUT2D eigenvalue weighted by molar-refractivity contribution is 9.09. The quantitative estimate of drug-likeness (QED) is 0.114. The number of fused-ring (bicyclic) bond motifs is 2. The van der Waals surface area contributed by atoms with E-state index in [2.05, 4.69) is 66.7 Å². The van der Waals surface area contributed by atoms with Gasteiger partial charge in [0, 0.05) is 52.8 Å². The highest BCUT2D eigenvalue weighted by Gasteiger charge is 2.29. The predicted molar refractivity (Wildman–Crippen MR) is 161 cm³/mol. The molecule has 2 aromatic carbocycles. The third-order valence-electron chi connectivity index (χ3n) is 7.05. The van der Waals surface area contributed by atoms with Crippen molar-refractivity contribution in [2.75, 3.05) is 23.3 Å². The van der Waals surface area contributed by atoms with E-state index >= 15 is 0 Å². The van der Waals surface area contributed by atoms with Crippen molar-refractivity contribution in [2.45, 2.75) is 53.1 Å². The van der Waals surface area contributed by atoms with E-state index < -0.39 is 6.10 Å². The standard InChI is InChI=1S/C31H35BrN2O3.ClH/c1-5-22-23(6-2)29-28(19-25(22)33)36-27-18-21(34(7-3)8-4)14-15-24(27)30(29)26(16-17-32)37-31(35)20-12-10-9-11-13-20;/h9-15,18-19,26,33H,5-8,16-17H2,1-4H3;1H. The molecule has 7 heteroatoms. The lowest BCUT2D eigenvalue weighted by Gasteiger charge is -2.27. The summed E-state index contributed by atoms with van der Waals surface area (Å²) in [5.74, 6) is 0.313.